The van der Waals surface area contributed by atoms with Crippen molar-refractivity contribution in [2.75, 3.05) is 54.5 Å². The van der Waals surface area contributed by atoms with Crippen LogP contribution in [0.15, 0.2) is 25.3 Å². The first-order valence-electron chi connectivity index (χ1n) is 5.97. The van der Waals surface area contributed by atoms with Gasteiger partial charge in [0, 0.05) is 13.1 Å². The van der Waals surface area contributed by atoms with Crippen LogP contribution in [0.4, 0.5) is 0 Å². The smallest absolute Gasteiger partial charge is 0.0593 e. The number of ether oxygens (including phenoxy) is 1. The lowest BCUT2D eigenvalue weighted by Crippen LogP contribution is -2.22. The summed E-state index contributed by atoms with van der Waals surface area (Å²) in [7, 11) is 8.20. The number of nitrogens with zero attached hydrogens (tertiary/aromatic N) is 2. The molecule has 0 amide bonds. The highest BCUT2D eigenvalue weighted by Gasteiger charge is 1.91. The minimum atomic E-state index is 0.834. The van der Waals surface area contributed by atoms with Gasteiger partial charge in [-0.15, -0.1) is 13.2 Å². The number of rotatable bonds is 6. The minimum absolute atomic E-state index is 0.834. The molecule has 0 aliphatic heterocycles. The summed E-state index contributed by atoms with van der Waals surface area (Å²) in [4.78, 5) is 4.24. The van der Waals surface area contributed by atoms with Gasteiger partial charge in [-0.25, -0.2) is 0 Å². The van der Waals surface area contributed by atoms with Crippen LogP contribution in [0.2, 0.25) is 0 Å². The van der Waals surface area contributed by atoms with E-state index in [0.29, 0.717) is 0 Å². The Morgan fingerprint density at radius 2 is 1.06 bits per heavy atom. The predicted octanol–water partition coefficient (Wildman–Crippen LogP) is 2.51. The monoisotopic (exact) mass is 244 g/mol. The van der Waals surface area contributed by atoms with Gasteiger partial charge in [-0.1, -0.05) is 12.2 Å². The molecule has 0 bridgehead atoms. The molecule has 3 nitrogen and oxygen atoms in total. The first-order valence-corrected chi connectivity index (χ1v) is 5.97. The Kier molecular flexibility index (Phi) is 26.4. The van der Waals surface area contributed by atoms with E-state index in [4.69, 9.17) is 4.74 Å². The third-order valence-corrected chi connectivity index (χ3v) is 1.37. The van der Waals surface area contributed by atoms with Crippen molar-refractivity contribution in [3.63, 3.8) is 0 Å². The van der Waals surface area contributed by atoms with Crippen LogP contribution in [0.5, 0.6) is 0 Å². The lowest BCUT2D eigenvalue weighted by Gasteiger charge is -2.12. The Bertz CT molecular complexity index is 129. The summed E-state index contributed by atoms with van der Waals surface area (Å²) in [6, 6.07) is 0. The van der Waals surface area contributed by atoms with Crippen LogP contribution < -0.4 is 0 Å². The van der Waals surface area contributed by atoms with Gasteiger partial charge in [0.25, 0.3) is 0 Å². The van der Waals surface area contributed by atoms with Gasteiger partial charge in [0.2, 0.25) is 0 Å². The second kappa shape index (κ2) is 20.7. The zero-order valence-electron chi connectivity index (χ0n) is 12.7. The van der Waals surface area contributed by atoms with Crippen molar-refractivity contribution in [3.8, 4) is 0 Å². The fraction of sp³-hybridized carbons (Fsp3) is 0.714. The Morgan fingerprint density at radius 3 is 1.24 bits per heavy atom. The second-order valence-electron chi connectivity index (χ2n) is 4.04. The zero-order valence-corrected chi connectivity index (χ0v) is 12.7. The van der Waals surface area contributed by atoms with E-state index >= 15 is 0 Å². The van der Waals surface area contributed by atoms with E-state index in [0.717, 1.165) is 26.3 Å². The van der Waals surface area contributed by atoms with Crippen molar-refractivity contribution in [1.29, 1.82) is 0 Å². The maximum absolute atomic E-state index is 5.37. The summed E-state index contributed by atoms with van der Waals surface area (Å²) < 4.78 is 5.37. The van der Waals surface area contributed by atoms with Crippen molar-refractivity contribution in [3.05, 3.63) is 25.3 Å². The van der Waals surface area contributed by atoms with Gasteiger partial charge >= 0.3 is 0 Å². The molecule has 0 spiro atoms. The molecule has 0 unspecified atom stereocenters. The highest BCUT2D eigenvalue weighted by molar-refractivity contribution is 4.52. The molecule has 104 valence electrons. The average Bonchev–Trinajstić information content (AvgIpc) is 2.18. The second-order valence-corrected chi connectivity index (χ2v) is 4.04. The Hall–Kier alpha value is -0.640. The molecule has 3 heteroatoms. The molecule has 0 aromatic carbocycles. The molecule has 0 saturated heterocycles. The Labute approximate surface area is 109 Å². The van der Waals surface area contributed by atoms with Crippen molar-refractivity contribution >= 4 is 0 Å². The fourth-order valence-corrected chi connectivity index (χ4v) is 0.596. The van der Waals surface area contributed by atoms with E-state index in [9.17, 15) is 0 Å². The van der Waals surface area contributed by atoms with Gasteiger partial charge < -0.3 is 14.5 Å². The van der Waals surface area contributed by atoms with Crippen LogP contribution in [0.25, 0.3) is 0 Å². The molecule has 0 aromatic heterocycles. The summed E-state index contributed by atoms with van der Waals surface area (Å²) in [5.41, 5.74) is 0. The molecule has 0 fully saturated rings. The molecule has 17 heavy (non-hydrogen) atoms. The van der Waals surface area contributed by atoms with E-state index < -0.39 is 0 Å². The lowest BCUT2D eigenvalue weighted by molar-refractivity contribution is 0.104. The molecule has 0 heterocycles. The molecule has 0 aromatic rings. The molecule has 0 N–H and O–H groups in total. The Balaban J connectivity index is -0.000000273. The molecule has 0 radical (unpaired) electrons. The van der Waals surface area contributed by atoms with Gasteiger partial charge in [-0.3, -0.25) is 0 Å². The summed E-state index contributed by atoms with van der Waals surface area (Å²) in [5, 5.41) is 0. The maximum atomic E-state index is 5.37. The van der Waals surface area contributed by atoms with E-state index in [1.165, 1.54) is 0 Å². The van der Waals surface area contributed by atoms with Gasteiger partial charge in [-0.05, 0) is 42.0 Å². The summed E-state index contributed by atoms with van der Waals surface area (Å²) in [6.45, 7) is 14.2. The number of hydrogen-bond donors (Lipinski definition) is 0. The third kappa shape index (κ3) is 50.6. The van der Waals surface area contributed by atoms with Gasteiger partial charge in [0.15, 0.2) is 0 Å². The molecule has 0 saturated carbocycles. The van der Waals surface area contributed by atoms with Crippen LogP contribution in [0, 0.1) is 0 Å². The number of hydrogen-bond acceptors (Lipinski definition) is 3. The normalized spacial score (nSPS) is 8.94. The first-order chi connectivity index (χ1) is 7.95. The SMILES string of the molecule is C=CC.C=CC.CN(C)CCOCCN(C)C. The quantitative estimate of drug-likeness (QED) is 0.527. The van der Waals surface area contributed by atoms with Crippen LogP contribution >= 0.6 is 0 Å². The van der Waals surface area contributed by atoms with E-state index in [1.54, 1.807) is 12.2 Å². The molecule has 0 rings (SSSR count). The van der Waals surface area contributed by atoms with E-state index in [1.807, 2.05) is 13.8 Å². The van der Waals surface area contributed by atoms with Crippen molar-refractivity contribution in [1.82, 2.24) is 9.80 Å². The maximum Gasteiger partial charge on any atom is 0.0593 e. The Morgan fingerprint density at radius 1 is 0.824 bits per heavy atom. The molecular weight excluding hydrogens is 212 g/mol. The van der Waals surface area contributed by atoms with Crippen LogP contribution in [0.3, 0.4) is 0 Å². The van der Waals surface area contributed by atoms with Gasteiger partial charge in [-0.2, -0.15) is 0 Å². The zero-order chi connectivity index (χ0) is 14.1. The largest absolute Gasteiger partial charge is 0.379 e. The fourth-order valence-electron chi connectivity index (χ4n) is 0.596. The van der Waals surface area contributed by atoms with Crippen LogP contribution in [0.1, 0.15) is 13.8 Å². The van der Waals surface area contributed by atoms with Crippen LogP contribution in [-0.2, 0) is 4.74 Å². The molecule has 0 atom stereocenters. The van der Waals surface area contributed by atoms with E-state index in [-0.39, 0.29) is 0 Å². The number of likely N-dealkylation sites (N-methyl/N-ethyl adjacent to an activating group) is 2. The summed E-state index contributed by atoms with van der Waals surface area (Å²) in [5.74, 6) is 0. The predicted molar refractivity (Wildman–Crippen MR) is 79.7 cm³/mol. The molecule has 0 aliphatic carbocycles. The van der Waals surface area contributed by atoms with E-state index in [2.05, 4.69) is 51.1 Å². The van der Waals surface area contributed by atoms with Crippen molar-refractivity contribution in [2.45, 2.75) is 13.8 Å². The van der Waals surface area contributed by atoms with Crippen molar-refractivity contribution < 1.29 is 4.74 Å². The third-order valence-electron chi connectivity index (χ3n) is 1.37. The molecular formula is C14H32N2O. The molecule has 0 aliphatic rings. The van der Waals surface area contributed by atoms with Crippen molar-refractivity contribution in [2.24, 2.45) is 0 Å². The topological polar surface area (TPSA) is 15.7 Å². The first kappa shape index (κ1) is 21.6. The highest BCUT2D eigenvalue weighted by atomic mass is 16.5. The summed E-state index contributed by atoms with van der Waals surface area (Å²) in [6.07, 6.45) is 3.50. The van der Waals surface area contributed by atoms with Gasteiger partial charge in [0.05, 0.1) is 13.2 Å². The minimum Gasteiger partial charge on any atom is -0.379 e. The van der Waals surface area contributed by atoms with Gasteiger partial charge in [0.1, 0.15) is 0 Å². The van der Waals surface area contributed by atoms with Crippen LogP contribution in [-0.4, -0.2) is 64.3 Å². The number of allylic oxidation sites excluding steroid dienone is 2. The highest BCUT2D eigenvalue weighted by Crippen LogP contribution is 1.80. The standard InChI is InChI=1S/C8H20N2O.2C3H6/c1-9(2)5-7-11-8-6-10(3)4;2*1-3-2/h5-8H2,1-4H3;2*3H,1H2,2H3. The lowest BCUT2D eigenvalue weighted by atomic mass is 10.6. The average molecular weight is 244 g/mol. The summed E-state index contributed by atoms with van der Waals surface area (Å²) >= 11 is 0.